The van der Waals surface area contributed by atoms with Crippen LogP contribution in [0.3, 0.4) is 0 Å². The van der Waals surface area contributed by atoms with Gasteiger partial charge in [-0.25, -0.2) is 15.0 Å². The summed E-state index contributed by atoms with van der Waals surface area (Å²) in [4.78, 5) is 29.9. The van der Waals surface area contributed by atoms with Crippen LogP contribution in [0, 0.1) is 13.8 Å². The third-order valence-electron chi connectivity index (χ3n) is 5.72. The van der Waals surface area contributed by atoms with Crippen molar-refractivity contribution in [1.82, 2.24) is 25.2 Å². The SMILES string of the molecule is Cc1cc(Nc2ncc(C)s2)nc(C2CCN(C(=O)[C@]3(C)CCCN3)CC2)n1. The monoisotopic (exact) mass is 400 g/mol. The molecule has 7 nitrogen and oxygen atoms in total. The lowest BCUT2D eigenvalue weighted by molar-refractivity contribution is -0.138. The summed E-state index contributed by atoms with van der Waals surface area (Å²) in [5.41, 5.74) is 0.567. The molecule has 8 heteroatoms. The van der Waals surface area contributed by atoms with Crippen molar-refractivity contribution < 1.29 is 4.79 Å². The van der Waals surface area contributed by atoms with Crippen molar-refractivity contribution in [2.45, 2.75) is 57.9 Å². The van der Waals surface area contributed by atoms with Gasteiger partial charge in [-0.1, -0.05) is 0 Å². The quantitative estimate of drug-likeness (QED) is 0.820. The second-order valence-electron chi connectivity index (χ2n) is 8.08. The number of carbonyl (C=O) groups excluding carboxylic acids is 1. The third-order valence-corrected chi connectivity index (χ3v) is 6.54. The van der Waals surface area contributed by atoms with E-state index < -0.39 is 0 Å². The van der Waals surface area contributed by atoms with Crippen molar-refractivity contribution in [2.24, 2.45) is 0 Å². The number of hydrogen-bond acceptors (Lipinski definition) is 7. The first-order valence-corrected chi connectivity index (χ1v) is 10.8. The number of amides is 1. The number of nitrogens with zero attached hydrogens (tertiary/aromatic N) is 4. The molecule has 0 aromatic carbocycles. The molecule has 0 bridgehead atoms. The molecule has 150 valence electrons. The van der Waals surface area contributed by atoms with E-state index in [0.29, 0.717) is 0 Å². The van der Waals surface area contributed by atoms with Crippen LogP contribution in [0.25, 0.3) is 0 Å². The molecule has 2 fully saturated rings. The number of carbonyl (C=O) groups is 1. The summed E-state index contributed by atoms with van der Waals surface area (Å²) in [7, 11) is 0. The highest BCUT2D eigenvalue weighted by molar-refractivity contribution is 7.15. The molecule has 2 N–H and O–H groups in total. The number of aromatic nitrogens is 3. The molecule has 2 aliphatic rings. The fourth-order valence-corrected chi connectivity index (χ4v) is 4.80. The van der Waals surface area contributed by atoms with Gasteiger partial charge in [0, 0.05) is 41.8 Å². The predicted octanol–water partition coefficient (Wildman–Crippen LogP) is 3.14. The number of piperidine rings is 1. The Labute approximate surface area is 170 Å². The average molecular weight is 401 g/mol. The van der Waals surface area contributed by atoms with Gasteiger partial charge >= 0.3 is 0 Å². The molecule has 0 spiro atoms. The van der Waals surface area contributed by atoms with Crippen molar-refractivity contribution in [2.75, 3.05) is 25.0 Å². The first kappa shape index (κ1) is 19.3. The molecular formula is C20H28N6OS. The molecule has 0 radical (unpaired) electrons. The average Bonchev–Trinajstić information content (AvgIpc) is 3.30. The van der Waals surface area contributed by atoms with Gasteiger partial charge in [-0.15, -0.1) is 11.3 Å². The number of nitrogens with one attached hydrogen (secondary N) is 2. The highest BCUT2D eigenvalue weighted by Gasteiger charge is 2.40. The minimum atomic E-state index is -0.379. The number of hydrogen-bond donors (Lipinski definition) is 2. The van der Waals surface area contributed by atoms with E-state index in [2.05, 4.69) is 20.6 Å². The van der Waals surface area contributed by atoms with E-state index in [1.807, 2.05) is 37.9 Å². The molecule has 1 amide bonds. The van der Waals surface area contributed by atoms with Gasteiger partial charge < -0.3 is 15.5 Å². The van der Waals surface area contributed by atoms with Gasteiger partial charge in [0.2, 0.25) is 5.91 Å². The Hall–Kier alpha value is -2.06. The molecule has 2 aromatic rings. The molecule has 2 saturated heterocycles. The van der Waals surface area contributed by atoms with Crippen LogP contribution in [0.4, 0.5) is 10.9 Å². The summed E-state index contributed by atoms with van der Waals surface area (Å²) >= 11 is 1.61. The molecule has 2 aliphatic heterocycles. The minimum absolute atomic E-state index is 0.245. The number of rotatable bonds is 4. The van der Waals surface area contributed by atoms with Gasteiger partial charge in [0.25, 0.3) is 0 Å². The zero-order chi connectivity index (χ0) is 19.7. The third kappa shape index (κ3) is 4.03. The summed E-state index contributed by atoms with van der Waals surface area (Å²) < 4.78 is 0. The zero-order valence-electron chi connectivity index (χ0n) is 16.8. The van der Waals surface area contributed by atoms with Gasteiger partial charge in [0.1, 0.15) is 11.6 Å². The normalized spacial score (nSPS) is 23.2. The Morgan fingerprint density at radius 2 is 2.11 bits per heavy atom. The highest BCUT2D eigenvalue weighted by Crippen LogP contribution is 2.30. The van der Waals surface area contributed by atoms with E-state index in [0.717, 1.165) is 72.7 Å². The van der Waals surface area contributed by atoms with Crippen LogP contribution in [-0.4, -0.2) is 50.9 Å². The lowest BCUT2D eigenvalue weighted by Gasteiger charge is -2.36. The summed E-state index contributed by atoms with van der Waals surface area (Å²) in [6.07, 6.45) is 5.67. The van der Waals surface area contributed by atoms with Gasteiger partial charge in [-0.05, 0) is 53.0 Å². The predicted molar refractivity (Wildman–Crippen MR) is 111 cm³/mol. The molecular weight excluding hydrogens is 372 g/mol. The fraction of sp³-hybridized carbons (Fsp3) is 0.600. The smallest absolute Gasteiger partial charge is 0.242 e. The van der Waals surface area contributed by atoms with Gasteiger partial charge in [-0.2, -0.15) is 0 Å². The lowest BCUT2D eigenvalue weighted by atomic mass is 9.92. The van der Waals surface area contributed by atoms with E-state index in [1.54, 1.807) is 11.3 Å². The Kier molecular flexibility index (Phi) is 5.33. The fourth-order valence-electron chi connectivity index (χ4n) is 4.13. The first-order chi connectivity index (χ1) is 13.4. The first-order valence-electron chi connectivity index (χ1n) is 10.0. The van der Waals surface area contributed by atoms with Crippen LogP contribution in [0.2, 0.25) is 0 Å². The molecule has 0 unspecified atom stereocenters. The summed E-state index contributed by atoms with van der Waals surface area (Å²) in [6, 6.07) is 1.95. The minimum Gasteiger partial charge on any atom is -0.341 e. The molecule has 1 atom stereocenters. The van der Waals surface area contributed by atoms with Crippen LogP contribution in [0.5, 0.6) is 0 Å². The maximum atomic E-state index is 12.9. The molecule has 4 heterocycles. The van der Waals surface area contributed by atoms with E-state index in [4.69, 9.17) is 4.98 Å². The van der Waals surface area contributed by atoms with E-state index in [9.17, 15) is 4.79 Å². The Morgan fingerprint density at radius 3 is 2.75 bits per heavy atom. The molecule has 0 aliphatic carbocycles. The van der Waals surface area contributed by atoms with Crippen LogP contribution in [-0.2, 0) is 4.79 Å². The van der Waals surface area contributed by atoms with Crippen molar-refractivity contribution >= 4 is 28.2 Å². The Balaban J connectivity index is 1.42. The second kappa shape index (κ2) is 7.75. The number of likely N-dealkylation sites (tertiary alicyclic amines) is 1. The summed E-state index contributed by atoms with van der Waals surface area (Å²) in [5.74, 6) is 2.19. The van der Waals surface area contributed by atoms with Crippen LogP contribution in [0.1, 0.15) is 54.9 Å². The van der Waals surface area contributed by atoms with Crippen LogP contribution in [0.15, 0.2) is 12.3 Å². The molecule has 2 aromatic heterocycles. The number of aryl methyl sites for hydroxylation is 2. The summed E-state index contributed by atoms with van der Waals surface area (Å²) in [5, 5.41) is 7.53. The maximum Gasteiger partial charge on any atom is 0.242 e. The lowest BCUT2D eigenvalue weighted by Crippen LogP contribution is -2.54. The van der Waals surface area contributed by atoms with Crippen molar-refractivity contribution in [3.63, 3.8) is 0 Å². The van der Waals surface area contributed by atoms with Gasteiger partial charge in [0.15, 0.2) is 5.13 Å². The maximum absolute atomic E-state index is 12.9. The van der Waals surface area contributed by atoms with Crippen molar-refractivity contribution in [3.05, 3.63) is 28.7 Å². The van der Waals surface area contributed by atoms with Crippen LogP contribution >= 0.6 is 11.3 Å². The van der Waals surface area contributed by atoms with E-state index in [-0.39, 0.29) is 17.4 Å². The highest BCUT2D eigenvalue weighted by atomic mass is 32.1. The molecule has 28 heavy (non-hydrogen) atoms. The van der Waals surface area contributed by atoms with Gasteiger partial charge in [-0.3, -0.25) is 4.79 Å². The Bertz CT molecular complexity index is 852. The van der Waals surface area contributed by atoms with Crippen molar-refractivity contribution in [3.8, 4) is 0 Å². The standard InChI is InChI=1S/C20H28N6OS/c1-13-11-16(25-19-21-12-14(2)28-19)24-17(23-13)15-5-9-26(10-6-15)18(27)20(3)7-4-8-22-20/h11-12,15,22H,4-10H2,1-3H3,(H,21,23,24,25)/t20-/m0/s1. The van der Waals surface area contributed by atoms with Crippen molar-refractivity contribution in [1.29, 1.82) is 0 Å². The number of thiazole rings is 1. The van der Waals surface area contributed by atoms with Gasteiger partial charge in [0.05, 0.1) is 5.54 Å². The molecule has 4 rings (SSSR count). The largest absolute Gasteiger partial charge is 0.341 e. The van der Waals surface area contributed by atoms with E-state index >= 15 is 0 Å². The molecule has 0 saturated carbocycles. The Morgan fingerprint density at radius 1 is 1.32 bits per heavy atom. The van der Waals surface area contributed by atoms with E-state index in [1.165, 1.54) is 0 Å². The zero-order valence-corrected chi connectivity index (χ0v) is 17.6. The second-order valence-corrected chi connectivity index (χ2v) is 9.32. The van der Waals surface area contributed by atoms with Crippen LogP contribution < -0.4 is 10.6 Å². The summed E-state index contributed by atoms with van der Waals surface area (Å²) in [6.45, 7) is 8.55. The number of anilines is 2. The topological polar surface area (TPSA) is 83.0 Å².